The molecule has 0 aliphatic rings. The summed E-state index contributed by atoms with van der Waals surface area (Å²) in [5.74, 6) is 1.66. The Balaban J connectivity index is 1.85. The first-order valence-electron chi connectivity index (χ1n) is 10.7. The standard InChI is InChI=1S/C24H34N4O2/c1-4-16-30-22-11-7-9-20(18-22)13-15-28-24(26-5-2)27-14-12-19-8-6-10-21(17-19)23(29)25-3/h6-11,17-18H,4-5,12-16H2,1-3H3,(H,25,29)(H2,26,27,28). The number of carbonyl (C=O) groups is 1. The van der Waals surface area contributed by atoms with Gasteiger partial charge in [-0.1, -0.05) is 31.2 Å². The lowest BCUT2D eigenvalue weighted by atomic mass is 10.1. The van der Waals surface area contributed by atoms with Crippen LogP contribution in [0.2, 0.25) is 0 Å². The molecule has 0 aliphatic carbocycles. The van der Waals surface area contributed by atoms with Gasteiger partial charge >= 0.3 is 0 Å². The Kier molecular flexibility index (Phi) is 10.3. The number of carbonyl (C=O) groups excluding carboxylic acids is 1. The summed E-state index contributed by atoms with van der Waals surface area (Å²) in [6, 6.07) is 15.9. The molecule has 0 saturated heterocycles. The van der Waals surface area contributed by atoms with E-state index in [2.05, 4.69) is 46.9 Å². The Morgan fingerprint density at radius 2 is 1.77 bits per heavy atom. The summed E-state index contributed by atoms with van der Waals surface area (Å²) in [5.41, 5.74) is 3.01. The first kappa shape index (κ1) is 23.3. The van der Waals surface area contributed by atoms with Gasteiger partial charge in [0.25, 0.3) is 5.91 Å². The number of guanidine groups is 1. The largest absolute Gasteiger partial charge is 0.494 e. The van der Waals surface area contributed by atoms with Crippen molar-refractivity contribution in [2.45, 2.75) is 33.1 Å². The Hall–Kier alpha value is -3.02. The second-order valence-electron chi connectivity index (χ2n) is 6.96. The summed E-state index contributed by atoms with van der Waals surface area (Å²) in [6.45, 7) is 7.13. The van der Waals surface area contributed by atoms with Gasteiger partial charge in [0.15, 0.2) is 5.96 Å². The van der Waals surface area contributed by atoms with Gasteiger partial charge in [-0.3, -0.25) is 9.79 Å². The molecule has 6 nitrogen and oxygen atoms in total. The van der Waals surface area contributed by atoms with Crippen LogP contribution in [0.4, 0.5) is 0 Å². The van der Waals surface area contributed by atoms with Crippen LogP contribution < -0.4 is 20.7 Å². The van der Waals surface area contributed by atoms with Crippen LogP contribution in [0.1, 0.15) is 41.8 Å². The second-order valence-corrected chi connectivity index (χ2v) is 6.96. The minimum absolute atomic E-state index is 0.0659. The van der Waals surface area contributed by atoms with Crippen molar-refractivity contribution < 1.29 is 9.53 Å². The van der Waals surface area contributed by atoms with Gasteiger partial charge in [0.2, 0.25) is 0 Å². The first-order chi connectivity index (χ1) is 14.7. The van der Waals surface area contributed by atoms with Crippen LogP contribution in [0, 0.1) is 0 Å². The number of hydrogen-bond donors (Lipinski definition) is 3. The van der Waals surface area contributed by atoms with Crippen molar-refractivity contribution in [3.8, 4) is 5.75 Å². The molecule has 0 atom stereocenters. The highest BCUT2D eigenvalue weighted by Crippen LogP contribution is 2.14. The van der Waals surface area contributed by atoms with Crippen LogP contribution in [0.3, 0.4) is 0 Å². The van der Waals surface area contributed by atoms with E-state index in [1.807, 2.05) is 36.4 Å². The fraction of sp³-hybridized carbons (Fsp3) is 0.417. The highest BCUT2D eigenvalue weighted by atomic mass is 16.5. The maximum absolute atomic E-state index is 11.8. The Morgan fingerprint density at radius 1 is 1.00 bits per heavy atom. The zero-order chi connectivity index (χ0) is 21.6. The molecule has 0 fully saturated rings. The van der Waals surface area contributed by atoms with Crippen molar-refractivity contribution in [2.75, 3.05) is 33.3 Å². The van der Waals surface area contributed by atoms with Crippen LogP contribution in [-0.2, 0) is 12.8 Å². The molecule has 162 valence electrons. The van der Waals surface area contributed by atoms with Gasteiger partial charge in [0.1, 0.15) is 5.75 Å². The van der Waals surface area contributed by atoms with Crippen LogP contribution >= 0.6 is 0 Å². The smallest absolute Gasteiger partial charge is 0.251 e. The van der Waals surface area contributed by atoms with Gasteiger partial charge < -0.3 is 20.7 Å². The third-order valence-electron chi connectivity index (χ3n) is 4.51. The van der Waals surface area contributed by atoms with E-state index >= 15 is 0 Å². The van der Waals surface area contributed by atoms with E-state index < -0.39 is 0 Å². The SMILES string of the molecule is CCCOc1cccc(CCN=C(NCC)NCCc2cccc(C(=O)NC)c2)c1. The van der Waals surface area contributed by atoms with E-state index in [1.54, 1.807) is 7.05 Å². The van der Waals surface area contributed by atoms with Crippen LogP contribution in [-0.4, -0.2) is 45.2 Å². The summed E-state index contributed by atoms with van der Waals surface area (Å²) in [5, 5.41) is 9.31. The molecular weight excluding hydrogens is 376 g/mol. The molecule has 0 saturated carbocycles. The Labute approximate surface area is 180 Å². The molecule has 6 heteroatoms. The van der Waals surface area contributed by atoms with Gasteiger partial charge in [0, 0.05) is 32.2 Å². The number of nitrogens with zero attached hydrogens (tertiary/aromatic N) is 1. The molecular formula is C24H34N4O2. The average Bonchev–Trinajstić information content (AvgIpc) is 2.77. The zero-order valence-corrected chi connectivity index (χ0v) is 18.3. The number of benzene rings is 2. The predicted molar refractivity (Wildman–Crippen MR) is 123 cm³/mol. The van der Waals surface area contributed by atoms with E-state index in [-0.39, 0.29) is 5.91 Å². The normalized spacial score (nSPS) is 11.1. The molecule has 2 aromatic rings. The molecule has 0 unspecified atom stereocenters. The molecule has 2 rings (SSSR count). The van der Waals surface area contributed by atoms with E-state index in [9.17, 15) is 4.79 Å². The van der Waals surface area contributed by atoms with Crippen molar-refractivity contribution in [1.29, 1.82) is 0 Å². The molecule has 0 aromatic heterocycles. The number of rotatable bonds is 11. The van der Waals surface area contributed by atoms with Crippen LogP contribution in [0.25, 0.3) is 0 Å². The molecule has 30 heavy (non-hydrogen) atoms. The molecule has 3 N–H and O–H groups in total. The number of ether oxygens (including phenoxy) is 1. The third kappa shape index (κ3) is 8.15. The van der Waals surface area contributed by atoms with Crippen molar-refractivity contribution in [2.24, 2.45) is 4.99 Å². The lowest BCUT2D eigenvalue weighted by Gasteiger charge is -2.12. The van der Waals surface area contributed by atoms with Crippen molar-refractivity contribution in [1.82, 2.24) is 16.0 Å². The van der Waals surface area contributed by atoms with Gasteiger partial charge in [-0.05, 0) is 61.6 Å². The van der Waals surface area contributed by atoms with E-state index in [1.165, 1.54) is 5.56 Å². The van der Waals surface area contributed by atoms with E-state index in [0.717, 1.165) is 56.2 Å². The molecule has 2 aromatic carbocycles. The molecule has 0 radical (unpaired) electrons. The first-order valence-corrected chi connectivity index (χ1v) is 10.7. The fourth-order valence-corrected chi connectivity index (χ4v) is 2.99. The number of aliphatic imine (C=N–C) groups is 1. The van der Waals surface area contributed by atoms with Gasteiger partial charge in [-0.25, -0.2) is 0 Å². The quantitative estimate of drug-likeness (QED) is 0.393. The number of nitrogens with one attached hydrogen (secondary N) is 3. The van der Waals surface area contributed by atoms with Gasteiger partial charge in [0.05, 0.1) is 6.61 Å². The fourth-order valence-electron chi connectivity index (χ4n) is 2.99. The summed E-state index contributed by atoms with van der Waals surface area (Å²) in [7, 11) is 1.64. The van der Waals surface area contributed by atoms with Crippen LogP contribution in [0.15, 0.2) is 53.5 Å². The summed E-state index contributed by atoms with van der Waals surface area (Å²) in [6.07, 6.45) is 2.67. The van der Waals surface area contributed by atoms with Crippen molar-refractivity contribution in [3.63, 3.8) is 0 Å². The van der Waals surface area contributed by atoms with Crippen molar-refractivity contribution >= 4 is 11.9 Å². The minimum Gasteiger partial charge on any atom is -0.494 e. The zero-order valence-electron chi connectivity index (χ0n) is 18.3. The Bertz CT molecular complexity index is 820. The minimum atomic E-state index is -0.0659. The highest BCUT2D eigenvalue weighted by molar-refractivity contribution is 5.94. The lowest BCUT2D eigenvalue weighted by molar-refractivity contribution is 0.0963. The summed E-state index contributed by atoms with van der Waals surface area (Å²) < 4.78 is 5.70. The topological polar surface area (TPSA) is 74.8 Å². The maximum Gasteiger partial charge on any atom is 0.251 e. The van der Waals surface area contributed by atoms with E-state index in [0.29, 0.717) is 12.1 Å². The molecule has 0 aliphatic heterocycles. The third-order valence-corrected chi connectivity index (χ3v) is 4.51. The molecule has 0 spiro atoms. The van der Waals surface area contributed by atoms with E-state index in [4.69, 9.17) is 4.74 Å². The van der Waals surface area contributed by atoms with Gasteiger partial charge in [-0.2, -0.15) is 0 Å². The molecule has 0 bridgehead atoms. The summed E-state index contributed by atoms with van der Waals surface area (Å²) in [4.78, 5) is 16.5. The monoisotopic (exact) mass is 410 g/mol. The predicted octanol–water partition coefficient (Wildman–Crippen LogP) is 3.18. The highest BCUT2D eigenvalue weighted by Gasteiger charge is 2.04. The number of amides is 1. The van der Waals surface area contributed by atoms with Gasteiger partial charge in [-0.15, -0.1) is 0 Å². The molecule has 0 heterocycles. The summed E-state index contributed by atoms with van der Waals surface area (Å²) >= 11 is 0. The Morgan fingerprint density at radius 3 is 2.50 bits per heavy atom. The number of hydrogen-bond acceptors (Lipinski definition) is 3. The second kappa shape index (κ2) is 13.2. The lowest BCUT2D eigenvalue weighted by Crippen LogP contribution is -2.38. The van der Waals surface area contributed by atoms with Crippen LogP contribution in [0.5, 0.6) is 5.75 Å². The van der Waals surface area contributed by atoms with Crippen molar-refractivity contribution in [3.05, 3.63) is 65.2 Å². The maximum atomic E-state index is 11.8. The molecule has 1 amide bonds. The average molecular weight is 411 g/mol.